The van der Waals surface area contributed by atoms with Gasteiger partial charge in [-0.1, -0.05) is 35.9 Å². The second kappa shape index (κ2) is 10.5. The number of nitrogens with one attached hydrogen (secondary N) is 1. The number of hydrogen-bond donors (Lipinski definition) is 1. The Morgan fingerprint density at radius 2 is 1.68 bits per heavy atom. The molecule has 0 bridgehead atoms. The minimum Gasteiger partial charge on any atom is -0.489 e. The first-order valence-corrected chi connectivity index (χ1v) is 11.3. The van der Waals surface area contributed by atoms with Gasteiger partial charge in [0.2, 0.25) is 5.91 Å². The van der Waals surface area contributed by atoms with Crippen LogP contribution in [0.3, 0.4) is 0 Å². The molecule has 1 N–H and O–H groups in total. The van der Waals surface area contributed by atoms with Crippen molar-refractivity contribution in [2.45, 2.75) is 6.61 Å². The van der Waals surface area contributed by atoms with E-state index in [9.17, 15) is 18.8 Å². The Balaban J connectivity index is 1.35. The van der Waals surface area contributed by atoms with E-state index in [-0.39, 0.29) is 23.9 Å². The van der Waals surface area contributed by atoms with E-state index in [0.717, 1.165) is 22.2 Å². The third kappa shape index (κ3) is 6.03. The van der Waals surface area contributed by atoms with Gasteiger partial charge in [0, 0.05) is 10.7 Å². The number of thioether (sulfide) groups is 1. The summed E-state index contributed by atoms with van der Waals surface area (Å²) in [5.74, 6) is -0.723. The van der Waals surface area contributed by atoms with Gasteiger partial charge in [0.15, 0.2) is 0 Å². The van der Waals surface area contributed by atoms with Crippen LogP contribution in [-0.4, -0.2) is 28.5 Å². The summed E-state index contributed by atoms with van der Waals surface area (Å²) in [6.07, 6.45) is 1.59. The molecule has 6 nitrogen and oxygen atoms in total. The number of halogens is 2. The monoisotopic (exact) mass is 496 g/mol. The summed E-state index contributed by atoms with van der Waals surface area (Å²) in [5.41, 5.74) is 2.04. The lowest BCUT2D eigenvalue weighted by molar-refractivity contribution is -0.127. The van der Waals surface area contributed by atoms with E-state index in [1.54, 1.807) is 66.7 Å². The van der Waals surface area contributed by atoms with E-state index in [2.05, 4.69) is 5.32 Å². The van der Waals surface area contributed by atoms with E-state index < -0.39 is 17.1 Å². The van der Waals surface area contributed by atoms with Crippen molar-refractivity contribution in [3.63, 3.8) is 0 Å². The molecule has 1 saturated heterocycles. The van der Waals surface area contributed by atoms with Crippen molar-refractivity contribution in [2.24, 2.45) is 0 Å². The van der Waals surface area contributed by atoms with Crippen LogP contribution in [0.5, 0.6) is 5.75 Å². The zero-order valence-electron chi connectivity index (χ0n) is 17.7. The Bertz CT molecular complexity index is 1250. The average Bonchev–Trinajstić information content (AvgIpc) is 3.08. The fourth-order valence-electron chi connectivity index (χ4n) is 3.07. The number of amides is 3. The average molecular weight is 497 g/mol. The number of ether oxygens (including phenoxy) is 1. The van der Waals surface area contributed by atoms with Crippen molar-refractivity contribution in [2.75, 3.05) is 11.9 Å². The summed E-state index contributed by atoms with van der Waals surface area (Å²) >= 11 is 6.60. The summed E-state index contributed by atoms with van der Waals surface area (Å²) in [5, 5.41) is 2.65. The molecule has 9 heteroatoms. The molecule has 172 valence electrons. The molecule has 3 aromatic rings. The smallest absolute Gasteiger partial charge is 0.294 e. The first-order valence-electron chi connectivity index (χ1n) is 10.2. The Kier molecular flexibility index (Phi) is 7.30. The number of benzene rings is 3. The molecule has 0 radical (unpaired) electrons. The maximum Gasteiger partial charge on any atom is 0.294 e. The SMILES string of the molecule is O=C(CN1C(=O)S/C(=C\c2ccc(OCc3ccc(F)cc3)cc2)C1=O)Nc1ccc(Cl)cc1. The fraction of sp³-hybridized carbons (Fsp3) is 0.0800. The Labute approximate surface area is 204 Å². The molecule has 1 aliphatic heterocycles. The van der Waals surface area contributed by atoms with Gasteiger partial charge in [-0.15, -0.1) is 0 Å². The van der Waals surface area contributed by atoms with Gasteiger partial charge >= 0.3 is 0 Å². The molecule has 3 amide bonds. The minimum absolute atomic E-state index is 0.226. The lowest BCUT2D eigenvalue weighted by Crippen LogP contribution is -2.36. The van der Waals surface area contributed by atoms with Crippen LogP contribution >= 0.6 is 23.4 Å². The van der Waals surface area contributed by atoms with Crippen molar-refractivity contribution < 1.29 is 23.5 Å². The number of carbonyl (C=O) groups is 3. The van der Waals surface area contributed by atoms with Gasteiger partial charge in [0.1, 0.15) is 24.7 Å². The summed E-state index contributed by atoms with van der Waals surface area (Å²) in [7, 11) is 0. The van der Waals surface area contributed by atoms with E-state index in [0.29, 0.717) is 22.0 Å². The van der Waals surface area contributed by atoms with Gasteiger partial charge < -0.3 is 10.1 Å². The molecule has 1 heterocycles. The van der Waals surface area contributed by atoms with Gasteiger partial charge in [0.05, 0.1) is 4.91 Å². The van der Waals surface area contributed by atoms with Crippen LogP contribution in [-0.2, 0) is 16.2 Å². The Morgan fingerprint density at radius 1 is 1.00 bits per heavy atom. The number of imide groups is 1. The van der Waals surface area contributed by atoms with E-state index in [1.165, 1.54) is 12.1 Å². The second-order valence-corrected chi connectivity index (χ2v) is 8.74. The lowest BCUT2D eigenvalue weighted by Gasteiger charge is -2.12. The Morgan fingerprint density at radius 3 is 2.35 bits per heavy atom. The van der Waals surface area contributed by atoms with Crippen LogP contribution in [0.15, 0.2) is 77.7 Å². The van der Waals surface area contributed by atoms with Crippen LogP contribution < -0.4 is 10.1 Å². The number of rotatable bonds is 7. The Hall–Kier alpha value is -3.62. The molecule has 3 aromatic carbocycles. The van der Waals surface area contributed by atoms with Gasteiger partial charge in [-0.2, -0.15) is 0 Å². The predicted octanol–water partition coefficient (Wildman–Crippen LogP) is 5.73. The van der Waals surface area contributed by atoms with Crippen LogP contribution in [0.4, 0.5) is 14.9 Å². The summed E-state index contributed by atoms with van der Waals surface area (Å²) in [4.78, 5) is 38.4. The maximum absolute atomic E-state index is 13.0. The standard InChI is InChI=1S/C25H18ClFN2O4S/c26-18-5-9-20(10-6-18)28-23(30)14-29-24(31)22(34-25(29)32)13-16-3-11-21(12-4-16)33-15-17-1-7-19(27)8-2-17/h1-13H,14-15H2,(H,28,30)/b22-13-. The minimum atomic E-state index is -0.530. The highest BCUT2D eigenvalue weighted by atomic mass is 35.5. The molecule has 0 spiro atoms. The molecule has 0 aliphatic carbocycles. The van der Waals surface area contributed by atoms with Crippen molar-refractivity contribution >= 4 is 52.2 Å². The van der Waals surface area contributed by atoms with Crippen LogP contribution in [0.25, 0.3) is 6.08 Å². The first kappa shape index (κ1) is 23.5. The third-order valence-electron chi connectivity index (χ3n) is 4.80. The van der Waals surface area contributed by atoms with E-state index in [1.807, 2.05) is 0 Å². The molecule has 34 heavy (non-hydrogen) atoms. The van der Waals surface area contributed by atoms with Gasteiger partial charge in [-0.25, -0.2) is 4.39 Å². The number of anilines is 1. The second-order valence-electron chi connectivity index (χ2n) is 7.31. The first-order chi connectivity index (χ1) is 16.4. The lowest BCUT2D eigenvalue weighted by atomic mass is 10.2. The highest BCUT2D eigenvalue weighted by Gasteiger charge is 2.36. The van der Waals surface area contributed by atoms with Crippen LogP contribution in [0, 0.1) is 5.82 Å². The topological polar surface area (TPSA) is 75.7 Å². The van der Waals surface area contributed by atoms with Gasteiger partial charge in [-0.05, 0) is 77.5 Å². The molecule has 0 unspecified atom stereocenters. The van der Waals surface area contributed by atoms with Crippen molar-refractivity contribution in [3.8, 4) is 5.75 Å². The quantitative estimate of drug-likeness (QED) is 0.422. The largest absolute Gasteiger partial charge is 0.489 e. The fourth-order valence-corrected chi connectivity index (χ4v) is 4.04. The van der Waals surface area contributed by atoms with Crippen molar-refractivity contribution in [1.82, 2.24) is 4.90 Å². The van der Waals surface area contributed by atoms with E-state index >= 15 is 0 Å². The maximum atomic E-state index is 13.0. The van der Waals surface area contributed by atoms with Gasteiger partial charge in [0.25, 0.3) is 11.1 Å². The van der Waals surface area contributed by atoms with Crippen LogP contribution in [0.2, 0.25) is 5.02 Å². The predicted molar refractivity (Wildman–Crippen MR) is 130 cm³/mol. The summed E-state index contributed by atoms with van der Waals surface area (Å²) in [6.45, 7) is -0.0998. The van der Waals surface area contributed by atoms with E-state index in [4.69, 9.17) is 16.3 Å². The molecule has 1 fully saturated rings. The van der Waals surface area contributed by atoms with Crippen LogP contribution in [0.1, 0.15) is 11.1 Å². The zero-order valence-corrected chi connectivity index (χ0v) is 19.2. The molecule has 0 atom stereocenters. The summed E-state index contributed by atoms with van der Waals surface area (Å²) < 4.78 is 18.7. The summed E-state index contributed by atoms with van der Waals surface area (Å²) in [6, 6.07) is 19.5. The highest BCUT2D eigenvalue weighted by Crippen LogP contribution is 2.32. The van der Waals surface area contributed by atoms with Crippen molar-refractivity contribution in [3.05, 3.63) is 99.7 Å². The normalized spacial score (nSPS) is 14.5. The molecular formula is C25H18ClFN2O4S. The number of hydrogen-bond acceptors (Lipinski definition) is 5. The molecule has 0 aromatic heterocycles. The van der Waals surface area contributed by atoms with Crippen molar-refractivity contribution in [1.29, 1.82) is 0 Å². The molecule has 0 saturated carbocycles. The molecule has 4 rings (SSSR count). The zero-order chi connectivity index (χ0) is 24.1. The number of nitrogens with zero attached hydrogens (tertiary/aromatic N) is 1. The third-order valence-corrected chi connectivity index (χ3v) is 5.96. The van der Waals surface area contributed by atoms with Gasteiger partial charge in [-0.3, -0.25) is 19.3 Å². The molecular weight excluding hydrogens is 479 g/mol. The highest BCUT2D eigenvalue weighted by molar-refractivity contribution is 8.18. The number of carbonyl (C=O) groups excluding carboxylic acids is 3. The molecule has 1 aliphatic rings.